The molecule has 0 aromatic rings. The number of carbonyl (C=O) groups excluding carboxylic acids is 5. The van der Waals surface area contributed by atoms with Crippen molar-refractivity contribution < 1.29 is 53.1 Å². The van der Waals surface area contributed by atoms with Crippen molar-refractivity contribution in [3.8, 4) is 0 Å². The molecule has 0 aliphatic carbocycles. The number of azide groups is 1. The Kier molecular flexibility index (Phi) is 12.0. The van der Waals surface area contributed by atoms with Crippen molar-refractivity contribution in [2.24, 2.45) is 5.11 Å². The van der Waals surface area contributed by atoms with Crippen molar-refractivity contribution in [3.05, 3.63) is 22.3 Å². The Morgan fingerprint density at radius 1 is 1.12 bits per heavy atom. The molecular weight excluding hydrogens is 448 g/mol. The van der Waals surface area contributed by atoms with Gasteiger partial charge in [-0.25, -0.2) is 4.79 Å². The van der Waals surface area contributed by atoms with Crippen LogP contribution in [0.15, 0.2) is 16.9 Å². The van der Waals surface area contributed by atoms with E-state index in [9.17, 15) is 24.0 Å². The summed E-state index contributed by atoms with van der Waals surface area (Å²) in [6.45, 7) is 3.87. The van der Waals surface area contributed by atoms with Crippen LogP contribution in [0.5, 0.6) is 0 Å². The van der Waals surface area contributed by atoms with Crippen molar-refractivity contribution in [3.63, 3.8) is 0 Å². The Labute approximate surface area is 188 Å². The van der Waals surface area contributed by atoms with Gasteiger partial charge in [-0.1, -0.05) is 5.11 Å². The monoisotopic (exact) mass is 474 g/mol. The molecule has 15 nitrogen and oxygen atoms in total. The largest absolute Gasteiger partial charge is 0.477 e. The summed E-state index contributed by atoms with van der Waals surface area (Å²) in [6.07, 6.45) is -3.19. The second kappa shape index (κ2) is 13.5. The number of methoxy groups -OCH3 is 1. The van der Waals surface area contributed by atoms with E-state index >= 15 is 0 Å². The molecule has 1 amide bonds. The van der Waals surface area contributed by atoms with E-state index in [4.69, 9.17) is 24.5 Å². The molecule has 0 fully saturated rings. The van der Waals surface area contributed by atoms with Crippen molar-refractivity contribution in [2.45, 2.75) is 58.1 Å². The van der Waals surface area contributed by atoms with E-state index in [1.807, 2.05) is 0 Å². The second-order valence-electron chi connectivity index (χ2n) is 6.55. The minimum absolute atomic E-state index is 0. The molecular formula is C18H26N4O11. The van der Waals surface area contributed by atoms with Gasteiger partial charge in [-0.3, -0.25) is 19.2 Å². The number of nitrogens with one attached hydrogen (secondary N) is 1. The molecule has 1 aliphatic rings. The maximum absolute atomic E-state index is 12.1. The number of hydrogen-bond acceptors (Lipinski definition) is 11. The van der Waals surface area contributed by atoms with E-state index in [0.29, 0.717) is 0 Å². The summed E-state index contributed by atoms with van der Waals surface area (Å²) in [7, 11) is 1.08. The van der Waals surface area contributed by atoms with Crippen molar-refractivity contribution in [1.82, 2.24) is 5.32 Å². The maximum Gasteiger partial charge on any atom is 0.372 e. The van der Waals surface area contributed by atoms with Crippen LogP contribution in [0.2, 0.25) is 0 Å². The summed E-state index contributed by atoms with van der Waals surface area (Å²) in [5.74, 6) is -4.27. The van der Waals surface area contributed by atoms with Gasteiger partial charge in [0.25, 0.3) is 0 Å². The Balaban J connectivity index is 0.0000102. The van der Waals surface area contributed by atoms with Crippen LogP contribution in [0.4, 0.5) is 0 Å². The zero-order valence-electron chi connectivity index (χ0n) is 18.6. The molecule has 0 radical (unpaired) electrons. The molecule has 3 N–H and O–H groups in total. The van der Waals surface area contributed by atoms with Crippen LogP contribution in [-0.2, 0) is 47.7 Å². The third-order valence-electron chi connectivity index (χ3n) is 4.01. The highest BCUT2D eigenvalue weighted by Gasteiger charge is 2.47. The van der Waals surface area contributed by atoms with Crippen molar-refractivity contribution in [2.75, 3.05) is 13.7 Å². The molecule has 0 bridgehead atoms. The molecule has 184 valence electrons. The number of nitrogens with zero attached hydrogens (tertiary/aromatic N) is 3. The first-order valence-corrected chi connectivity index (χ1v) is 9.26. The van der Waals surface area contributed by atoms with E-state index < -0.39 is 72.5 Å². The van der Waals surface area contributed by atoms with Gasteiger partial charge >= 0.3 is 23.9 Å². The minimum atomic E-state index is -1.50. The highest BCUT2D eigenvalue weighted by Crippen LogP contribution is 2.28. The van der Waals surface area contributed by atoms with E-state index in [1.54, 1.807) is 0 Å². The van der Waals surface area contributed by atoms with Gasteiger partial charge in [-0.15, -0.1) is 0 Å². The lowest BCUT2D eigenvalue weighted by atomic mass is 9.92. The minimum Gasteiger partial charge on any atom is -0.477 e. The third-order valence-corrected chi connectivity index (χ3v) is 4.01. The topological polar surface area (TPSA) is 224 Å². The molecule has 15 heteroatoms. The Hall–Kier alpha value is -3.84. The number of esters is 4. The summed E-state index contributed by atoms with van der Waals surface area (Å²) in [5.41, 5.74) is 8.94. The van der Waals surface area contributed by atoms with Gasteiger partial charge in [0.2, 0.25) is 11.7 Å². The van der Waals surface area contributed by atoms with Gasteiger partial charge in [0, 0.05) is 32.6 Å². The average Bonchev–Trinajstić information content (AvgIpc) is 2.69. The summed E-state index contributed by atoms with van der Waals surface area (Å²) in [4.78, 5) is 61.4. The van der Waals surface area contributed by atoms with Crippen LogP contribution in [0.3, 0.4) is 0 Å². The Bertz CT molecular complexity index is 837. The highest BCUT2D eigenvalue weighted by atomic mass is 16.6. The van der Waals surface area contributed by atoms with E-state index in [2.05, 4.69) is 20.1 Å². The van der Waals surface area contributed by atoms with Gasteiger partial charge in [0.15, 0.2) is 18.3 Å². The quantitative estimate of drug-likeness (QED) is 0.144. The Morgan fingerprint density at radius 2 is 1.73 bits per heavy atom. The van der Waals surface area contributed by atoms with Gasteiger partial charge in [0.05, 0.1) is 19.2 Å². The van der Waals surface area contributed by atoms with Gasteiger partial charge in [-0.2, -0.15) is 0 Å². The SMILES string of the molecule is COC(=O)C1=C[C@H](N=[N+]=[N-])[C@@H](NC(C)=O)[C@H]([C@H](OC(C)=O)[C@@H](COC(C)=O)OC(C)=O)O1.O. The number of carbonyl (C=O) groups is 5. The maximum atomic E-state index is 12.1. The number of ether oxygens (including phenoxy) is 5. The predicted octanol–water partition coefficient (Wildman–Crippen LogP) is -0.772. The molecule has 33 heavy (non-hydrogen) atoms. The molecule has 0 unspecified atom stereocenters. The van der Waals surface area contributed by atoms with Crippen molar-refractivity contribution >= 4 is 29.8 Å². The summed E-state index contributed by atoms with van der Waals surface area (Å²) >= 11 is 0. The fourth-order valence-corrected chi connectivity index (χ4v) is 2.92. The number of hydrogen-bond donors (Lipinski definition) is 1. The fourth-order valence-electron chi connectivity index (χ4n) is 2.92. The predicted molar refractivity (Wildman–Crippen MR) is 107 cm³/mol. The van der Waals surface area contributed by atoms with Gasteiger partial charge in [0.1, 0.15) is 6.61 Å². The van der Waals surface area contributed by atoms with Gasteiger partial charge in [-0.05, 0) is 11.6 Å². The van der Waals surface area contributed by atoms with Gasteiger partial charge < -0.3 is 34.5 Å². The molecule has 0 saturated heterocycles. The fraction of sp³-hybridized carbons (Fsp3) is 0.611. The van der Waals surface area contributed by atoms with Crippen LogP contribution in [-0.4, -0.2) is 79.4 Å². The first-order valence-electron chi connectivity index (χ1n) is 9.26. The highest BCUT2D eigenvalue weighted by molar-refractivity contribution is 5.86. The smallest absolute Gasteiger partial charge is 0.372 e. The molecule has 1 rings (SSSR count). The molecule has 1 aliphatic heterocycles. The summed E-state index contributed by atoms with van der Waals surface area (Å²) < 4.78 is 25.6. The van der Waals surface area contributed by atoms with E-state index in [0.717, 1.165) is 34.0 Å². The second-order valence-corrected chi connectivity index (χ2v) is 6.55. The molecule has 0 spiro atoms. The van der Waals surface area contributed by atoms with E-state index in [1.165, 1.54) is 6.92 Å². The third kappa shape index (κ3) is 9.04. The van der Waals surface area contributed by atoms with Crippen LogP contribution in [0, 0.1) is 0 Å². The lowest BCUT2D eigenvalue weighted by molar-refractivity contribution is -0.187. The first-order chi connectivity index (χ1) is 15.0. The number of rotatable bonds is 9. The van der Waals surface area contributed by atoms with Crippen LogP contribution < -0.4 is 5.32 Å². The Morgan fingerprint density at radius 3 is 2.18 bits per heavy atom. The first kappa shape index (κ1) is 29.2. The summed E-state index contributed by atoms with van der Waals surface area (Å²) in [5, 5.41) is 6.07. The molecule has 1 heterocycles. The molecule has 0 aromatic heterocycles. The zero-order chi connectivity index (χ0) is 24.4. The molecule has 5 atom stereocenters. The number of amides is 1. The van der Waals surface area contributed by atoms with E-state index in [-0.39, 0.29) is 5.48 Å². The summed E-state index contributed by atoms with van der Waals surface area (Å²) in [6, 6.07) is -2.35. The van der Waals surface area contributed by atoms with Crippen LogP contribution in [0.25, 0.3) is 10.4 Å². The standard InChI is InChI=1S/C18H24N4O10.H2O/c1-8(23)20-15-12(21-22-19)6-13(18(27)28-5)32-17(15)16(31-11(4)26)14(30-10(3)25)7-29-9(2)24;/h6,12,14-17H,7H2,1-5H3,(H,20,23);1H2/t12-,14+,15+,16+,17+;/m0./s1. The average molecular weight is 474 g/mol. The van der Waals surface area contributed by atoms with Crippen molar-refractivity contribution in [1.29, 1.82) is 0 Å². The normalized spacial score (nSPS) is 20.6. The molecule has 0 aromatic carbocycles. The van der Waals surface area contributed by atoms with Crippen LogP contribution in [0.1, 0.15) is 27.7 Å². The zero-order valence-corrected chi connectivity index (χ0v) is 18.6. The molecule has 0 saturated carbocycles. The lowest BCUT2D eigenvalue weighted by Gasteiger charge is -2.40. The lowest BCUT2D eigenvalue weighted by Crippen LogP contribution is -2.61. The van der Waals surface area contributed by atoms with Crippen LogP contribution >= 0.6 is 0 Å².